The summed E-state index contributed by atoms with van der Waals surface area (Å²) in [5, 5.41) is 12.9. The van der Waals surface area contributed by atoms with Crippen molar-refractivity contribution in [1.82, 2.24) is 5.32 Å². The third-order valence-electron chi connectivity index (χ3n) is 2.91. The molecule has 0 spiro atoms. The van der Waals surface area contributed by atoms with Crippen LogP contribution >= 0.6 is 11.6 Å². The molecule has 0 bridgehead atoms. The summed E-state index contributed by atoms with van der Waals surface area (Å²) in [6.45, 7) is 2.16. The molecular formula is C12H14ClNO2. The zero-order valence-corrected chi connectivity index (χ0v) is 9.79. The Morgan fingerprint density at radius 1 is 1.50 bits per heavy atom. The Morgan fingerprint density at radius 2 is 2.19 bits per heavy atom. The van der Waals surface area contributed by atoms with Crippen molar-refractivity contribution >= 4 is 17.5 Å². The number of phenols is 1. The molecule has 2 rings (SSSR count). The van der Waals surface area contributed by atoms with Gasteiger partial charge in [0.05, 0.1) is 5.56 Å². The van der Waals surface area contributed by atoms with Crippen LogP contribution in [0.4, 0.5) is 0 Å². The minimum atomic E-state index is -0.230. The van der Waals surface area contributed by atoms with E-state index in [0.29, 0.717) is 10.9 Å². The number of phenolic OH excluding ortho intramolecular Hbond substituents is 1. The number of carbonyl (C=O) groups excluding carboxylic acids is 1. The quantitative estimate of drug-likeness (QED) is 0.834. The van der Waals surface area contributed by atoms with Crippen molar-refractivity contribution in [2.75, 3.05) is 0 Å². The lowest BCUT2D eigenvalue weighted by molar-refractivity contribution is 0.0893. The topological polar surface area (TPSA) is 49.3 Å². The van der Waals surface area contributed by atoms with Gasteiger partial charge in [-0.25, -0.2) is 0 Å². The maximum atomic E-state index is 11.8. The first kappa shape index (κ1) is 11.3. The third kappa shape index (κ3) is 2.30. The van der Waals surface area contributed by atoms with Crippen molar-refractivity contribution < 1.29 is 9.90 Å². The molecule has 0 atom stereocenters. The van der Waals surface area contributed by atoms with Crippen LogP contribution in [-0.4, -0.2) is 17.1 Å². The molecule has 86 valence electrons. The second-order valence-corrected chi connectivity index (χ2v) is 4.84. The van der Waals surface area contributed by atoms with E-state index in [1.54, 1.807) is 6.07 Å². The first-order chi connectivity index (χ1) is 7.56. The molecule has 1 aliphatic rings. The molecular weight excluding hydrogens is 226 g/mol. The predicted molar refractivity (Wildman–Crippen MR) is 62.8 cm³/mol. The minimum Gasteiger partial charge on any atom is -0.507 e. The summed E-state index contributed by atoms with van der Waals surface area (Å²) in [5.74, 6) is 0.382. The Kier molecular flexibility index (Phi) is 3.06. The van der Waals surface area contributed by atoms with Gasteiger partial charge in [0.1, 0.15) is 5.75 Å². The average molecular weight is 240 g/mol. The van der Waals surface area contributed by atoms with Crippen molar-refractivity contribution in [1.29, 1.82) is 0 Å². The lowest BCUT2D eigenvalue weighted by atomic mass is 9.82. The average Bonchev–Trinajstić information content (AvgIpc) is 2.15. The molecule has 1 aromatic rings. The minimum absolute atomic E-state index is 0.0719. The molecule has 4 heteroatoms. The molecule has 0 saturated heterocycles. The summed E-state index contributed by atoms with van der Waals surface area (Å²) >= 11 is 5.69. The molecule has 1 aliphatic carbocycles. The summed E-state index contributed by atoms with van der Waals surface area (Å²) in [5.41, 5.74) is 0.281. The Bertz CT molecular complexity index is 413. The van der Waals surface area contributed by atoms with Gasteiger partial charge in [0.15, 0.2) is 0 Å². The van der Waals surface area contributed by atoms with E-state index in [9.17, 15) is 9.90 Å². The van der Waals surface area contributed by atoms with Gasteiger partial charge < -0.3 is 10.4 Å². The smallest absolute Gasteiger partial charge is 0.255 e. The van der Waals surface area contributed by atoms with Crippen LogP contribution in [0.25, 0.3) is 0 Å². The normalized spacial score (nSPS) is 23.6. The van der Waals surface area contributed by atoms with Crippen LogP contribution < -0.4 is 5.32 Å². The van der Waals surface area contributed by atoms with Gasteiger partial charge in [-0.05, 0) is 37.0 Å². The van der Waals surface area contributed by atoms with Gasteiger partial charge in [-0.15, -0.1) is 0 Å². The van der Waals surface area contributed by atoms with E-state index < -0.39 is 0 Å². The molecule has 1 saturated carbocycles. The van der Waals surface area contributed by atoms with E-state index >= 15 is 0 Å². The SMILES string of the molecule is CC1CC(NC(=O)c2ccc(Cl)cc2O)C1. The predicted octanol–water partition coefficient (Wildman–Crippen LogP) is 2.57. The van der Waals surface area contributed by atoms with Gasteiger partial charge in [-0.1, -0.05) is 18.5 Å². The first-order valence-corrected chi connectivity index (χ1v) is 5.73. The second-order valence-electron chi connectivity index (χ2n) is 4.41. The third-order valence-corrected chi connectivity index (χ3v) is 3.15. The van der Waals surface area contributed by atoms with Gasteiger partial charge in [0.2, 0.25) is 0 Å². The van der Waals surface area contributed by atoms with Gasteiger partial charge in [-0.3, -0.25) is 4.79 Å². The van der Waals surface area contributed by atoms with Gasteiger partial charge in [0, 0.05) is 11.1 Å². The number of hydrogen-bond donors (Lipinski definition) is 2. The van der Waals surface area contributed by atoms with Crippen molar-refractivity contribution in [2.45, 2.75) is 25.8 Å². The molecule has 1 fully saturated rings. The van der Waals surface area contributed by atoms with Crippen molar-refractivity contribution in [2.24, 2.45) is 5.92 Å². The van der Waals surface area contributed by atoms with Crippen molar-refractivity contribution in [3.8, 4) is 5.75 Å². The van der Waals surface area contributed by atoms with Crippen LogP contribution in [0.2, 0.25) is 5.02 Å². The van der Waals surface area contributed by atoms with E-state index in [4.69, 9.17) is 11.6 Å². The largest absolute Gasteiger partial charge is 0.507 e. The zero-order valence-electron chi connectivity index (χ0n) is 9.03. The monoisotopic (exact) mass is 239 g/mol. The second kappa shape index (κ2) is 4.34. The molecule has 1 amide bonds. The summed E-state index contributed by atoms with van der Waals surface area (Å²) < 4.78 is 0. The lowest BCUT2D eigenvalue weighted by Gasteiger charge is -2.33. The van der Waals surface area contributed by atoms with Crippen LogP contribution in [0.3, 0.4) is 0 Å². The van der Waals surface area contributed by atoms with Crippen LogP contribution in [0.1, 0.15) is 30.1 Å². The highest BCUT2D eigenvalue weighted by atomic mass is 35.5. The fraction of sp³-hybridized carbons (Fsp3) is 0.417. The Balaban J connectivity index is 2.03. The molecule has 16 heavy (non-hydrogen) atoms. The number of rotatable bonds is 2. The molecule has 1 aromatic carbocycles. The number of carbonyl (C=O) groups is 1. The maximum absolute atomic E-state index is 11.8. The number of aromatic hydroxyl groups is 1. The molecule has 3 nitrogen and oxygen atoms in total. The van der Waals surface area contributed by atoms with Gasteiger partial charge in [-0.2, -0.15) is 0 Å². The highest BCUT2D eigenvalue weighted by Gasteiger charge is 2.27. The molecule has 0 aromatic heterocycles. The fourth-order valence-electron chi connectivity index (χ4n) is 1.98. The summed E-state index contributed by atoms with van der Waals surface area (Å²) in [6.07, 6.45) is 2.03. The van der Waals surface area contributed by atoms with Crippen LogP contribution in [-0.2, 0) is 0 Å². The zero-order chi connectivity index (χ0) is 11.7. The Labute approximate surface area is 99.4 Å². The molecule has 0 unspecified atom stereocenters. The Hall–Kier alpha value is -1.22. The molecule has 0 aliphatic heterocycles. The maximum Gasteiger partial charge on any atom is 0.255 e. The van der Waals surface area contributed by atoms with Crippen LogP contribution in [0, 0.1) is 5.92 Å². The van der Waals surface area contributed by atoms with E-state index in [1.165, 1.54) is 12.1 Å². The number of amides is 1. The fourth-order valence-corrected chi connectivity index (χ4v) is 2.15. The van der Waals surface area contributed by atoms with E-state index in [1.807, 2.05) is 0 Å². The Morgan fingerprint density at radius 3 is 2.75 bits per heavy atom. The molecule has 0 radical (unpaired) electrons. The standard InChI is InChI=1S/C12H14ClNO2/c1-7-4-9(5-7)14-12(16)10-3-2-8(13)6-11(10)15/h2-3,6-7,9,15H,4-5H2,1H3,(H,14,16). The van der Waals surface area contributed by atoms with Crippen molar-refractivity contribution in [3.05, 3.63) is 28.8 Å². The van der Waals surface area contributed by atoms with E-state index in [2.05, 4.69) is 12.2 Å². The van der Waals surface area contributed by atoms with Crippen molar-refractivity contribution in [3.63, 3.8) is 0 Å². The van der Waals surface area contributed by atoms with Gasteiger partial charge >= 0.3 is 0 Å². The summed E-state index contributed by atoms with van der Waals surface area (Å²) in [7, 11) is 0. The molecule has 0 heterocycles. The number of benzene rings is 1. The number of hydrogen-bond acceptors (Lipinski definition) is 2. The summed E-state index contributed by atoms with van der Waals surface area (Å²) in [4.78, 5) is 11.8. The van der Waals surface area contributed by atoms with Crippen LogP contribution in [0.15, 0.2) is 18.2 Å². The molecule has 2 N–H and O–H groups in total. The van der Waals surface area contributed by atoms with E-state index in [0.717, 1.165) is 12.8 Å². The van der Waals surface area contributed by atoms with Gasteiger partial charge in [0.25, 0.3) is 5.91 Å². The summed E-state index contributed by atoms with van der Waals surface area (Å²) in [6, 6.07) is 4.76. The lowest BCUT2D eigenvalue weighted by Crippen LogP contribution is -2.43. The highest BCUT2D eigenvalue weighted by Crippen LogP contribution is 2.27. The van der Waals surface area contributed by atoms with Crippen LogP contribution in [0.5, 0.6) is 5.75 Å². The highest BCUT2D eigenvalue weighted by molar-refractivity contribution is 6.30. The number of halogens is 1. The first-order valence-electron chi connectivity index (χ1n) is 5.35. The van der Waals surface area contributed by atoms with E-state index in [-0.39, 0.29) is 23.3 Å². The number of nitrogens with one attached hydrogen (secondary N) is 1.